The number of hydrogen-bond acceptors (Lipinski definition) is 15. The summed E-state index contributed by atoms with van der Waals surface area (Å²) in [5.74, 6) is -0.687. The second kappa shape index (κ2) is 56.6. The van der Waals surface area contributed by atoms with Gasteiger partial charge in [-0.2, -0.15) is 0 Å². The fourth-order valence-corrected chi connectivity index (χ4v) is 11.0. The minimum absolute atomic E-state index is 0.103. The molecule has 0 aromatic carbocycles. The van der Waals surface area contributed by atoms with Crippen molar-refractivity contribution in [2.75, 3.05) is 39.6 Å². The van der Waals surface area contributed by atoms with Crippen molar-refractivity contribution in [3.63, 3.8) is 0 Å². The van der Waals surface area contributed by atoms with Crippen LogP contribution < -0.4 is 0 Å². The quantitative estimate of drug-likeness (QED) is 0.0222. The van der Waals surface area contributed by atoms with Crippen LogP contribution in [-0.2, 0) is 65.4 Å². The molecule has 4 unspecified atom stereocenters. The lowest BCUT2D eigenvalue weighted by molar-refractivity contribution is -0.161. The molecule has 0 rings (SSSR count). The summed E-state index contributed by atoms with van der Waals surface area (Å²) in [4.78, 5) is 72.1. The van der Waals surface area contributed by atoms with Crippen molar-refractivity contribution in [1.29, 1.82) is 0 Å². The van der Waals surface area contributed by atoms with Crippen molar-refractivity contribution in [2.45, 2.75) is 336 Å². The maximum Gasteiger partial charge on any atom is 0.472 e. The van der Waals surface area contributed by atoms with Gasteiger partial charge in [-0.15, -0.1) is 0 Å². The van der Waals surface area contributed by atoms with Crippen molar-refractivity contribution in [3.05, 3.63) is 0 Å². The smallest absolute Gasteiger partial charge is 0.462 e. The number of ether oxygens (including phenoxy) is 4. The molecule has 0 aliphatic carbocycles. The molecule has 0 radical (unpaired) electrons. The fourth-order valence-electron chi connectivity index (χ4n) is 9.47. The largest absolute Gasteiger partial charge is 0.472 e. The molecule has 0 bridgehead atoms. The summed E-state index contributed by atoms with van der Waals surface area (Å²) >= 11 is 0. The lowest BCUT2D eigenvalue weighted by Crippen LogP contribution is -2.30. The number of rotatable bonds is 63. The molecule has 492 valence electrons. The zero-order chi connectivity index (χ0) is 61.5. The van der Waals surface area contributed by atoms with Crippen molar-refractivity contribution in [1.82, 2.24) is 0 Å². The van der Waals surface area contributed by atoms with E-state index in [1.54, 1.807) is 0 Å². The van der Waals surface area contributed by atoms with E-state index in [1.165, 1.54) is 122 Å². The second-order valence-electron chi connectivity index (χ2n) is 23.6. The van der Waals surface area contributed by atoms with Crippen LogP contribution in [0.15, 0.2) is 0 Å². The first-order chi connectivity index (χ1) is 39.9. The predicted molar refractivity (Wildman–Crippen MR) is 331 cm³/mol. The Hall–Kier alpha value is -1.94. The minimum Gasteiger partial charge on any atom is -0.462 e. The van der Waals surface area contributed by atoms with E-state index in [4.69, 9.17) is 37.0 Å². The van der Waals surface area contributed by atoms with E-state index in [0.717, 1.165) is 115 Å². The Bertz CT molecular complexity index is 1640. The van der Waals surface area contributed by atoms with Gasteiger partial charge in [0.1, 0.15) is 19.3 Å². The van der Waals surface area contributed by atoms with E-state index in [1.807, 2.05) is 0 Å². The van der Waals surface area contributed by atoms with Crippen LogP contribution in [-0.4, -0.2) is 96.7 Å². The van der Waals surface area contributed by atoms with Crippen molar-refractivity contribution in [3.8, 4) is 0 Å². The lowest BCUT2D eigenvalue weighted by Gasteiger charge is -2.21. The summed E-state index contributed by atoms with van der Waals surface area (Å²) in [5, 5.41) is 10.5. The van der Waals surface area contributed by atoms with Gasteiger partial charge in [0.2, 0.25) is 0 Å². The molecule has 0 aromatic rings. The molecule has 7 atom stereocenters. The van der Waals surface area contributed by atoms with Crippen molar-refractivity contribution >= 4 is 39.5 Å². The van der Waals surface area contributed by atoms with Gasteiger partial charge in [0.15, 0.2) is 12.2 Å². The number of hydrogen-bond donors (Lipinski definition) is 3. The summed E-state index contributed by atoms with van der Waals surface area (Å²) in [6, 6.07) is 0. The number of carbonyl (C=O) groups is 4. The topological polar surface area (TPSA) is 237 Å². The molecule has 83 heavy (non-hydrogen) atoms. The predicted octanol–water partition coefficient (Wildman–Crippen LogP) is 17.7. The van der Waals surface area contributed by atoms with Gasteiger partial charge < -0.3 is 33.8 Å². The van der Waals surface area contributed by atoms with Crippen LogP contribution in [0.5, 0.6) is 0 Å². The fraction of sp³-hybridized carbons (Fsp3) is 0.938. The first-order valence-corrected chi connectivity index (χ1v) is 36.6. The van der Waals surface area contributed by atoms with Crippen LogP contribution in [0, 0.1) is 11.8 Å². The Labute approximate surface area is 505 Å². The maximum absolute atomic E-state index is 13.0. The summed E-state index contributed by atoms with van der Waals surface area (Å²) in [5.41, 5.74) is 0. The minimum atomic E-state index is -4.94. The average molecular weight is 1230 g/mol. The third kappa shape index (κ3) is 56.3. The van der Waals surface area contributed by atoms with E-state index in [0.29, 0.717) is 25.7 Å². The molecule has 0 aliphatic heterocycles. The SMILES string of the molecule is CCCCCCCCCCCCCCCCCC(=O)O[C@H](COC(=O)CCCCCCCCC(C)CC)COP(=O)(O)OC[C@@H](O)COP(=O)(O)OC[C@@H](COC(=O)CCCCCCCCCC)OC(=O)CCCCCCCCC(C)CC. The molecular weight excluding hydrogens is 1100 g/mol. The molecule has 0 saturated heterocycles. The van der Waals surface area contributed by atoms with E-state index in [-0.39, 0.29) is 25.7 Å². The molecule has 0 heterocycles. The Balaban J connectivity index is 5.23. The molecule has 0 aliphatic rings. The lowest BCUT2D eigenvalue weighted by atomic mass is 10.00. The van der Waals surface area contributed by atoms with Gasteiger partial charge in [0, 0.05) is 25.7 Å². The molecule has 3 N–H and O–H groups in total. The molecule has 0 aromatic heterocycles. The monoisotopic (exact) mass is 1230 g/mol. The zero-order valence-electron chi connectivity index (χ0n) is 53.5. The van der Waals surface area contributed by atoms with Crippen LogP contribution in [0.3, 0.4) is 0 Å². The van der Waals surface area contributed by atoms with Crippen LogP contribution in [0.2, 0.25) is 0 Å². The highest BCUT2D eigenvalue weighted by molar-refractivity contribution is 7.47. The third-order valence-corrected chi connectivity index (χ3v) is 17.3. The number of aliphatic hydroxyl groups is 1. The normalized spacial score (nSPS) is 15.0. The summed E-state index contributed by atoms with van der Waals surface area (Å²) in [6.45, 7) is 9.38. The Morgan fingerprint density at radius 3 is 0.855 bits per heavy atom. The Morgan fingerprint density at radius 1 is 0.337 bits per heavy atom. The highest BCUT2D eigenvalue weighted by atomic mass is 31.2. The van der Waals surface area contributed by atoms with Gasteiger partial charge in [0.25, 0.3) is 0 Å². The molecule has 17 nitrogen and oxygen atoms in total. The van der Waals surface area contributed by atoms with Crippen molar-refractivity contribution < 1.29 is 80.2 Å². The van der Waals surface area contributed by atoms with E-state index in [2.05, 4.69) is 41.5 Å². The Kier molecular flexibility index (Phi) is 55.2. The number of esters is 4. The van der Waals surface area contributed by atoms with E-state index < -0.39 is 97.5 Å². The van der Waals surface area contributed by atoms with Gasteiger partial charge >= 0.3 is 39.5 Å². The van der Waals surface area contributed by atoms with Gasteiger partial charge in [-0.1, -0.05) is 266 Å². The molecule has 0 saturated carbocycles. The average Bonchev–Trinajstić information content (AvgIpc) is 3.47. The number of aliphatic hydroxyl groups excluding tert-OH is 1. The third-order valence-electron chi connectivity index (χ3n) is 15.4. The zero-order valence-corrected chi connectivity index (χ0v) is 55.3. The number of phosphoric acid groups is 2. The number of carbonyl (C=O) groups excluding carboxylic acids is 4. The number of phosphoric ester groups is 2. The first kappa shape index (κ1) is 81.1. The highest BCUT2D eigenvalue weighted by Gasteiger charge is 2.30. The first-order valence-electron chi connectivity index (χ1n) is 33.6. The van der Waals surface area contributed by atoms with E-state index in [9.17, 15) is 43.2 Å². The summed E-state index contributed by atoms with van der Waals surface area (Å²) < 4.78 is 67.9. The van der Waals surface area contributed by atoms with Crippen LogP contribution in [0.25, 0.3) is 0 Å². The molecule has 19 heteroatoms. The van der Waals surface area contributed by atoms with Crippen LogP contribution in [0.1, 0.15) is 318 Å². The van der Waals surface area contributed by atoms with Crippen LogP contribution in [0.4, 0.5) is 0 Å². The molecule has 0 spiro atoms. The molecular formula is C64H124O17P2. The van der Waals surface area contributed by atoms with Gasteiger partial charge in [0.05, 0.1) is 26.4 Å². The second-order valence-corrected chi connectivity index (χ2v) is 26.5. The van der Waals surface area contributed by atoms with Crippen LogP contribution >= 0.6 is 15.6 Å². The molecule has 0 amide bonds. The maximum atomic E-state index is 13.0. The van der Waals surface area contributed by atoms with Gasteiger partial charge in [-0.25, -0.2) is 9.13 Å². The molecule has 0 fully saturated rings. The van der Waals surface area contributed by atoms with Crippen molar-refractivity contribution in [2.24, 2.45) is 11.8 Å². The summed E-state index contributed by atoms with van der Waals surface area (Å²) in [6.07, 6.45) is 39.0. The van der Waals surface area contributed by atoms with Gasteiger partial charge in [-0.3, -0.25) is 37.3 Å². The highest BCUT2D eigenvalue weighted by Crippen LogP contribution is 2.45. The van der Waals surface area contributed by atoms with Gasteiger partial charge in [-0.05, 0) is 37.5 Å². The summed E-state index contributed by atoms with van der Waals surface area (Å²) in [7, 11) is -9.88. The standard InChI is InChI=1S/C64H124O17P2/c1-7-11-13-15-17-19-20-21-22-23-24-25-27-36-42-48-63(68)80-59(53-75-62(67)47-41-35-30-28-32-38-44-56(5)9-3)54-78-82(70,71)76-50-58(65)51-77-83(72,73)79-55-60(52-74-61(66)46-40-34-26-18-16-14-12-8-2)81-64(69)49-43-37-31-29-33-39-45-57(6)10-4/h56-60,65H,7-55H2,1-6H3,(H,70,71)(H,72,73)/t56?,57?,58-,59-,60-/m1/s1. The Morgan fingerprint density at radius 2 is 0.578 bits per heavy atom. The van der Waals surface area contributed by atoms with E-state index >= 15 is 0 Å². The number of unbranched alkanes of at least 4 members (excludes halogenated alkanes) is 31.